The van der Waals surface area contributed by atoms with Crippen molar-refractivity contribution in [3.63, 3.8) is 0 Å². The Kier molecular flexibility index (Phi) is 7.68. The van der Waals surface area contributed by atoms with E-state index in [1.165, 1.54) is 131 Å². The van der Waals surface area contributed by atoms with E-state index in [1.807, 2.05) is 0 Å². The molecule has 2 nitrogen and oxygen atoms in total. The molecule has 240 valence electrons. The van der Waals surface area contributed by atoms with Gasteiger partial charge in [0, 0.05) is 34.1 Å². The summed E-state index contributed by atoms with van der Waals surface area (Å²) < 4.78 is 0. The number of nitrogens with zero attached hydrogens (tertiary/aromatic N) is 2. The molecule has 0 unspecified atom stereocenters. The zero-order valence-electron chi connectivity index (χ0n) is 28.7. The predicted molar refractivity (Wildman–Crippen MR) is 206 cm³/mol. The van der Waals surface area contributed by atoms with Crippen LogP contribution in [-0.4, -0.2) is 6.71 Å². The molecule has 2 aliphatic heterocycles. The number of benzene rings is 5. The molecule has 0 spiro atoms. The molecule has 4 aliphatic rings. The Labute approximate surface area is 287 Å². The quantitative estimate of drug-likeness (QED) is 0.175. The summed E-state index contributed by atoms with van der Waals surface area (Å²) in [6, 6.07) is 42.5. The first-order valence-corrected chi connectivity index (χ1v) is 18.8. The Morgan fingerprint density at radius 1 is 0.500 bits per heavy atom. The van der Waals surface area contributed by atoms with Crippen molar-refractivity contribution >= 4 is 57.2 Å². The Hall–Kier alpha value is -4.24. The van der Waals surface area contributed by atoms with E-state index in [1.54, 1.807) is 0 Å². The molecule has 3 heteroatoms. The van der Waals surface area contributed by atoms with Gasteiger partial charge in [0.2, 0.25) is 0 Å². The molecule has 2 heterocycles. The monoisotopic (exact) mass is 626 g/mol. The van der Waals surface area contributed by atoms with E-state index in [-0.39, 0.29) is 6.71 Å². The molecule has 0 atom stereocenters. The Balaban J connectivity index is 1.29. The fourth-order valence-electron chi connectivity index (χ4n) is 9.48. The Morgan fingerprint density at radius 2 is 1.04 bits per heavy atom. The zero-order chi connectivity index (χ0) is 32.2. The molecule has 0 bridgehead atoms. The molecular formula is C45H47BN2. The lowest BCUT2D eigenvalue weighted by atomic mass is 9.33. The van der Waals surface area contributed by atoms with Gasteiger partial charge in [-0.3, -0.25) is 0 Å². The first kappa shape index (κ1) is 29.9. The van der Waals surface area contributed by atoms with E-state index in [2.05, 4.69) is 133 Å². The van der Waals surface area contributed by atoms with Crippen LogP contribution in [0.3, 0.4) is 0 Å². The van der Waals surface area contributed by atoms with E-state index in [9.17, 15) is 0 Å². The lowest BCUT2D eigenvalue weighted by Gasteiger charge is -2.45. The maximum Gasteiger partial charge on any atom is 0.252 e. The van der Waals surface area contributed by atoms with Crippen LogP contribution in [0, 0.1) is 0 Å². The number of hydrogen-bond donors (Lipinski definition) is 0. The third kappa shape index (κ3) is 5.00. The van der Waals surface area contributed by atoms with E-state index in [4.69, 9.17) is 0 Å². The fourth-order valence-corrected chi connectivity index (χ4v) is 9.48. The van der Waals surface area contributed by atoms with Gasteiger partial charge in [-0.1, -0.05) is 113 Å². The lowest BCUT2D eigenvalue weighted by Crippen LogP contribution is -2.61. The topological polar surface area (TPSA) is 6.48 Å². The molecule has 5 aromatic carbocycles. The molecule has 9 rings (SSSR count). The van der Waals surface area contributed by atoms with Crippen molar-refractivity contribution in [3.8, 4) is 0 Å². The van der Waals surface area contributed by atoms with Crippen molar-refractivity contribution in [1.29, 1.82) is 0 Å². The smallest absolute Gasteiger partial charge is 0.252 e. The number of fused-ring (bicyclic) bond motifs is 4. The second-order valence-electron chi connectivity index (χ2n) is 15.2. The first-order chi connectivity index (χ1) is 23.7. The zero-order valence-corrected chi connectivity index (χ0v) is 28.7. The summed E-state index contributed by atoms with van der Waals surface area (Å²) in [5, 5.41) is 0. The van der Waals surface area contributed by atoms with Gasteiger partial charge < -0.3 is 9.80 Å². The van der Waals surface area contributed by atoms with Gasteiger partial charge in [-0.15, -0.1) is 0 Å². The van der Waals surface area contributed by atoms with Crippen LogP contribution in [0.25, 0.3) is 0 Å². The molecule has 0 aromatic heterocycles. The molecule has 0 saturated heterocycles. The fraction of sp³-hybridized carbons (Fsp3) is 0.333. The predicted octanol–water partition coefficient (Wildman–Crippen LogP) is 11.0. The minimum atomic E-state index is 0.184. The summed E-state index contributed by atoms with van der Waals surface area (Å²) in [4.78, 5) is 5.15. The standard InChI is InChI=1S/C45H47BN2/c1-31(2)36-29-43-45-44(30-36)48(38-25-22-34(23-26-38)32-14-6-3-7-15-32)42-27-24-35(33-16-8-4-9-17-33)28-40(42)46(45)39-20-12-13-21-41(39)47(43)37-18-10-5-11-19-37/h5,10-13,18-33H,3-4,6-9,14-17H2,1-2H3. The molecule has 0 N–H and O–H groups in total. The van der Waals surface area contributed by atoms with Crippen LogP contribution < -0.4 is 26.2 Å². The molecule has 48 heavy (non-hydrogen) atoms. The van der Waals surface area contributed by atoms with Crippen molar-refractivity contribution in [3.05, 3.63) is 126 Å². The second-order valence-corrected chi connectivity index (χ2v) is 15.2. The summed E-state index contributed by atoms with van der Waals surface area (Å²) in [6.07, 6.45) is 13.5. The third-order valence-corrected chi connectivity index (χ3v) is 12.0. The van der Waals surface area contributed by atoms with Gasteiger partial charge in [-0.25, -0.2) is 0 Å². The van der Waals surface area contributed by atoms with E-state index < -0.39 is 0 Å². The number of anilines is 6. The van der Waals surface area contributed by atoms with Crippen LogP contribution in [0.15, 0.2) is 109 Å². The SMILES string of the molecule is CC(C)c1cc2c3c(c1)N(c1ccc(C4CCCCC4)cc1)c1ccc(C4CCCCC4)cc1B3c1ccccc1N2c1ccccc1. The largest absolute Gasteiger partial charge is 0.311 e. The minimum Gasteiger partial charge on any atom is -0.311 e. The van der Waals surface area contributed by atoms with Crippen LogP contribution in [0.4, 0.5) is 34.1 Å². The summed E-state index contributed by atoms with van der Waals surface area (Å²) in [6.45, 7) is 4.86. The maximum atomic E-state index is 2.62. The second kappa shape index (κ2) is 12.3. The van der Waals surface area contributed by atoms with Crippen molar-refractivity contribution in [2.24, 2.45) is 0 Å². The first-order valence-electron chi connectivity index (χ1n) is 18.8. The van der Waals surface area contributed by atoms with Crippen LogP contribution in [0.5, 0.6) is 0 Å². The van der Waals surface area contributed by atoms with Crippen molar-refractivity contribution in [2.75, 3.05) is 9.80 Å². The van der Waals surface area contributed by atoms with Gasteiger partial charge in [-0.05, 0) is 125 Å². The van der Waals surface area contributed by atoms with Gasteiger partial charge in [0.05, 0.1) is 0 Å². The minimum absolute atomic E-state index is 0.184. The Morgan fingerprint density at radius 3 is 1.69 bits per heavy atom. The van der Waals surface area contributed by atoms with Crippen molar-refractivity contribution < 1.29 is 0 Å². The molecule has 5 aromatic rings. The Bertz CT molecular complexity index is 1930. The maximum absolute atomic E-state index is 2.62. The van der Waals surface area contributed by atoms with Gasteiger partial charge in [0.25, 0.3) is 6.71 Å². The van der Waals surface area contributed by atoms with Crippen LogP contribution in [-0.2, 0) is 0 Å². The highest BCUT2D eigenvalue weighted by Crippen LogP contribution is 2.46. The molecule has 0 radical (unpaired) electrons. The summed E-state index contributed by atoms with van der Waals surface area (Å²) in [5.41, 5.74) is 16.5. The third-order valence-electron chi connectivity index (χ3n) is 12.0. The van der Waals surface area contributed by atoms with E-state index in [0.29, 0.717) is 17.8 Å². The summed E-state index contributed by atoms with van der Waals surface area (Å²) in [5.74, 6) is 1.78. The molecule has 2 fully saturated rings. The molecule has 0 amide bonds. The van der Waals surface area contributed by atoms with Crippen LogP contribution >= 0.6 is 0 Å². The average molecular weight is 627 g/mol. The van der Waals surface area contributed by atoms with Crippen LogP contribution in [0.1, 0.15) is 112 Å². The lowest BCUT2D eigenvalue weighted by molar-refractivity contribution is 0.443. The van der Waals surface area contributed by atoms with Gasteiger partial charge >= 0.3 is 0 Å². The number of para-hydroxylation sites is 2. The summed E-state index contributed by atoms with van der Waals surface area (Å²) in [7, 11) is 0. The van der Waals surface area contributed by atoms with Crippen molar-refractivity contribution in [2.45, 2.75) is 95.8 Å². The number of rotatable bonds is 5. The van der Waals surface area contributed by atoms with E-state index >= 15 is 0 Å². The molecule has 2 saturated carbocycles. The van der Waals surface area contributed by atoms with Crippen LogP contribution in [0.2, 0.25) is 0 Å². The highest BCUT2D eigenvalue weighted by atomic mass is 15.2. The normalized spacial score (nSPS) is 17.7. The number of hydrogen-bond acceptors (Lipinski definition) is 2. The average Bonchev–Trinajstić information content (AvgIpc) is 3.15. The summed E-state index contributed by atoms with van der Waals surface area (Å²) >= 11 is 0. The van der Waals surface area contributed by atoms with Gasteiger partial charge in [-0.2, -0.15) is 0 Å². The van der Waals surface area contributed by atoms with Gasteiger partial charge in [0.1, 0.15) is 0 Å². The van der Waals surface area contributed by atoms with Crippen molar-refractivity contribution in [1.82, 2.24) is 0 Å². The van der Waals surface area contributed by atoms with E-state index in [0.717, 1.165) is 0 Å². The highest BCUT2D eigenvalue weighted by Gasteiger charge is 2.43. The highest BCUT2D eigenvalue weighted by molar-refractivity contribution is 7.00. The molecular weight excluding hydrogens is 579 g/mol. The molecule has 2 aliphatic carbocycles. The van der Waals surface area contributed by atoms with Gasteiger partial charge in [0.15, 0.2) is 0 Å².